The van der Waals surface area contributed by atoms with E-state index in [4.69, 9.17) is 4.74 Å². The minimum atomic E-state index is -0.371. The van der Waals surface area contributed by atoms with Crippen molar-refractivity contribution in [3.05, 3.63) is 65.5 Å². The molecular formula is C18H16FNO2. The van der Waals surface area contributed by atoms with Crippen molar-refractivity contribution in [1.82, 2.24) is 5.32 Å². The van der Waals surface area contributed by atoms with Gasteiger partial charge in [-0.15, -0.1) is 0 Å². The lowest BCUT2D eigenvalue weighted by Crippen LogP contribution is -2.23. The Kier molecular flexibility index (Phi) is 5.56. The molecule has 0 aliphatic rings. The molecule has 0 heterocycles. The zero-order chi connectivity index (χ0) is 15.8. The monoisotopic (exact) mass is 297 g/mol. The number of hydrogen-bond acceptors (Lipinski definition) is 2. The summed E-state index contributed by atoms with van der Waals surface area (Å²) in [5, 5.41) is 2.64. The quantitative estimate of drug-likeness (QED) is 0.881. The molecule has 1 N–H and O–H groups in total. The molecule has 3 nitrogen and oxygen atoms in total. The molecule has 1 amide bonds. The van der Waals surface area contributed by atoms with Gasteiger partial charge in [0.1, 0.15) is 18.2 Å². The van der Waals surface area contributed by atoms with Crippen LogP contribution in [0.1, 0.15) is 15.9 Å². The van der Waals surface area contributed by atoms with Crippen molar-refractivity contribution in [2.75, 3.05) is 13.2 Å². The lowest BCUT2D eigenvalue weighted by atomic mass is 10.2. The molecule has 4 heteroatoms. The normalized spacial score (nSPS) is 9.55. The highest BCUT2D eigenvalue weighted by molar-refractivity contribution is 5.94. The molecular weight excluding hydrogens is 281 g/mol. The van der Waals surface area contributed by atoms with Crippen LogP contribution in [0.5, 0.6) is 5.75 Å². The van der Waals surface area contributed by atoms with Crippen molar-refractivity contribution in [2.45, 2.75) is 6.92 Å². The summed E-state index contributed by atoms with van der Waals surface area (Å²) < 4.78 is 18.3. The van der Waals surface area contributed by atoms with Gasteiger partial charge < -0.3 is 10.1 Å². The lowest BCUT2D eigenvalue weighted by molar-refractivity contribution is 0.0958. The maximum Gasteiger partial charge on any atom is 0.252 e. The van der Waals surface area contributed by atoms with Crippen LogP contribution in [0.4, 0.5) is 4.39 Å². The molecule has 0 radical (unpaired) electrons. The Labute approximate surface area is 129 Å². The second-order valence-electron chi connectivity index (χ2n) is 4.60. The number of hydrogen-bond donors (Lipinski definition) is 1. The van der Waals surface area contributed by atoms with Crippen LogP contribution in [0.25, 0.3) is 0 Å². The molecule has 2 aromatic carbocycles. The SMILES string of the molecule is Cc1ccccc1OCC#CCNC(=O)c1ccc(F)cc1. The third kappa shape index (κ3) is 4.64. The predicted molar refractivity (Wildman–Crippen MR) is 83.2 cm³/mol. The number of ether oxygens (including phenoxy) is 1. The molecule has 0 spiro atoms. The number of benzene rings is 2. The van der Waals surface area contributed by atoms with E-state index in [2.05, 4.69) is 17.2 Å². The summed E-state index contributed by atoms with van der Waals surface area (Å²) in [5.41, 5.74) is 1.45. The van der Waals surface area contributed by atoms with Crippen LogP contribution in [-0.4, -0.2) is 19.1 Å². The van der Waals surface area contributed by atoms with Gasteiger partial charge >= 0.3 is 0 Å². The maximum absolute atomic E-state index is 12.7. The van der Waals surface area contributed by atoms with Crippen molar-refractivity contribution < 1.29 is 13.9 Å². The molecule has 0 aliphatic carbocycles. The number of halogens is 1. The molecule has 112 valence electrons. The van der Waals surface area contributed by atoms with E-state index in [-0.39, 0.29) is 24.9 Å². The van der Waals surface area contributed by atoms with Gasteiger partial charge in [0.15, 0.2) is 0 Å². The summed E-state index contributed by atoms with van der Waals surface area (Å²) in [6, 6.07) is 13.0. The van der Waals surface area contributed by atoms with Gasteiger partial charge in [-0.2, -0.15) is 0 Å². The molecule has 2 aromatic rings. The number of rotatable bonds is 4. The van der Waals surface area contributed by atoms with E-state index in [9.17, 15) is 9.18 Å². The highest BCUT2D eigenvalue weighted by atomic mass is 19.1. The first-order valence-electron chi connectivity index (χ1n) is 6.85. The first-order chi connectivity index (χ1) is 10.7. The van der Waals surface area contributed by atoms with Gasteiger partial charge in [0, 0.05) is 5.56 Å². The fraction of sp³-hybridized carbons (Fsp3) is 0.167. The van der Waals surface area contributed by atoms with Gasteiger partial charge in [0.25, 0.3) is 5.91 Å². The lowest BCUT2D eigenvalue weighted by Gasteiger charge is -2.04. The third-order valence-corrected chi connectivity index (χ3v) is 2.96. The average Bonchev–Trinajstić information content (AvgIpc) is 2.53. The van der Waals surface area contributed by atoms with E-state index in [1.807, 2.05) is 31.2 Å². The summed E-state index contributed by atoms with van der Waals surface area (Å²) in [4.78, 5) is 11.7. The van der Waals surface area contributed by atoms with Crippen LogP contribution in [-0.2, 0) is 0 Å². The van der Waals surface area contributed by atoms with Crippen LogP contribution in [0.2, 0.25) is 0 Å². The number of carbonyl (C=O) groups excluding carboxylic acids is 1. The van der Waals surface area contributed by atoms with Crippen molar-refractivity contribution in [3.63, 3.8) is 0 Å². The second kappa shape index (κ2) is 7.84. The third-order valence-electron chi connectivity index (χ3n) is 2.96. The number of aryl methyl sites for hydroxylation is 1. The molecule has 0 aromatic heterocycles. The largest absolute Gasteiger partial charge is 0.481 e. The molecule has 0 atom stereocenters. The smallest absolute Gasteiger partial charge is 0.252 e. The van der Waals surface area contributed by atoms with E-state index in [0.29, 0.717) is 5.56 Å². The summed E-state index contributed by atoms with van der Waals surface area (Å²) >= 11 is 0. The van der Waals surface area contributed by atoms with E-state index >= 15 is 0 Å². The zero-order valence-electron chi connectivity index (χ0n) is 12.2. The van der Waals surface area contributed by atoms with E-state index in [1.54, 1.807) is 0 Å². The van der Waals surface area contributed by atoms with Crippen LogP contribution < -0.4 is 10.1 Å². The van der Waals surface area contributed by atoms with E-state index in [0.717, 1.165) is 11.3 Å². The van der Waals surface area contributed by atoms with Gasteiger partial charge in [-0.3, -0.25) is 4.79 Å². The minimum absolute atomic E-state index is 0.216. The Hall–Kier alpha value is -2.80. The standard InChI is InChI=1S/C18H16FNO2/c1-14-6-2-3-7-17(14)22-13-5-4-12-20-18(21)15-8-10-16(19)11-9-15/h2-3,6-11H,12-13H2,1H3,(H,20,21). The Morgan fingerprint density at radius 3 is 2.59 bits per heavy atom. The number of para-hydroxylation sites is 1. The first kappa shape index (κ1) is 15.6. The fourth-order valence-corrected chi connectivity index (χ4v) is 1.77. The van der Waals surface area contributed by atoms with Gasteiger partial charge in [-0.25, -0.2) is 4.39 Å². The minimum Gasteiger partial charge on any atom is -0.481 e. The van der Waals surface area contributed by atoms with Gasteiger partial charge in [-0.1, -0.05) is 30.0 Å². The van der Waals surface area contributed by atoms with Crippen molar-refractivity contribution >= 4 is 5.91 Å². The Bertz CT molecular complexity index is 699. The molecule has 0 saturated heterocycles. The first-order valence-corrected chi connectivity index (χ1v) is 6.85. The summed E-state index contributed by atoms with van der Waals surface area (Å²) in [5.74, 6) is 5.78. The molecule has 22 heavy (non-hydrogen) atoms. The molecule has 0 saturated carbocycles. The van der Waals surface area contributed by atoms with Crippen LogP contribution in [0.3, 0.4) is 0 Å². The number of nitrogens with one attached hydrogen (secondary N) is 1. The molecule has 0 fully saturated rings. The summed E-state index contributed by atoms with van der Waals surface area (Å²) in [7, 11) is 0. The van der Waals surface area contributed by atoms with Gasteiger partial charge in [-0.05, 0) is 42.8 Å². The Morgan fingerprint density at radius 2 is 1.86 bits per heavy atom. The molecule has 0 aliphatic heterocycles. The molecule has 0 bridgehead atoms. The van der Waals surface area contributed by atoms with Crippen molar-refractivity contribution in [2.24, 2.45) is 0 Å². The second-order valence-corrected chi connectivity index (χ2v) is 4.60. The van der Waals surface area contributed by atoms with Crippen LogP contribution in [0, 0.1) is 24.6 Å². The van der Waals surface area contributed by atoms with Gasteiger partial charge in [0.2, 0.25) is 0 Å². The van der Waals surface area contributed by atoms with E-state index < -0.39 is 0 Å². The summed E-state index contributed by atoms with van der Waals surface area (Å²) in [6.45, 7) is 2.44. The number of carbonyl (C=O) groups is 1. The van der Waals surface area contributed by atoms with Crippen LogP contribution >= 0.6 is 0 Å². The zero-order valence-corrected chi connectivity index (χ0v) is 12.2. The topological polar surface area (TPSA) is 38.3 Å². The van der Waals surface area contributed by atoms with Crippen molar-refractivity contribution in [3.8, 4) is 17.6 Å². The Morgan fingerprint density at radius 1 is 1.14 bits per heavy atom. The average molecular weight is 297 g/mol. The predicted octanol–water partition coefficient (Wildman–Crippen LogP) is 2.95. The highest BCUT2D eigenvalue weighted by Crippen LogP contribution is 2.15. The highest BCUT2D eigenvalue weighted by Gasteiger charge is 2.03. The maximum atomic E-state index is 12.7. The Balaban J connectivity index is 1.74. The number of amides is 1. The molecule has 2 rings (SSSR count). The van der Waals surface area contributed by atoms with Crippen molar-refractivity contribution in [1.29, 1.82) is 0 Å². The summed E-state index contributed by atoms with van der Waals surface area (Å²) in [6.07, 6.45) is 0. The molecule has 0 unspecified atom stereocenters. The van der Waals surface area contributed by atoms with Gasteiger partial charge in [0.05, 0.1) is 6.54 Å². The van der Waals surface area contributed by atoms with E-state index in [1.165, 1.54) is 24.3 Å². The van der Waals surface area contributed by atoms with Crippen LogP contribution in [0.15, 0.2) is 48.5 Å². The fourth-order valence-electron chi connectivity index (χ4n) is 1.77.